The van der Waals surface area contributed by atoms with Crippen molar-refractivity contribution in [3.05, 3.63) is 59.9 Å². The standard InChI is InChI=1S/C19H26N2O/c1-3-4-6-13-19(22)21(15-17-10-7-5-8-11-17)16-18-12-9-14-20(18)2/h5,7-12,14H,3-4,6,13,15-16H2,1-2H3. The Hall–Kier alpha value is -2.03. The van der Waals surface area contributed by atoms with Gasteiger partial charge in [0.05, 0.1) is 6.54 Å². The molecule has 0 aliphatic heterocycles. The Morgan fingerprint density at radius 2 is 1.82 bits per heavy atom. The highest BCUT2D eigenvalue weighted by Crippen LogP contribution is 2.13. The van der Waals surface area contributed by atoms with E-state index in [-0.39, 0.29) is 5.91 Å². The Labute approximate surface area is 133 Å². The molecule has 0 atom stereocenters. The van der Waals surface area contributed by atoms with Gasteiger partial charge in [-0.3, -0.25) is 4.79 Å². The van der Waals surface area contributed by atoms with Crippen LogP contribution in [0.15, 0.2) is 48.7 Å². The molecule has 1 aromatic carbocycles. The summed E-state index contributed by atoms with van der Waals surface area (Å²) in [4.78, 5) is 14.5. The van der Waals surface area contributed by atoms with Crippen LogP contribution in [-0.2, 0) is 24.9 Å². The van der Waals surface area contributed by atoms with E-state index >= 15 is 0 Å². The van der Waals surface area contributed by atoms with Crippen LogP contribution in [0.5, 0.6) is 0 Å². The van der Waals surface area contributed by atoms with E-state index < -0.39 is 0 Å². The highest BCUT2D eigenvalue weighted by molar-refractivity contribution is 5.76. The smallest absolute Gasteiger partial charge is 0.223 e. The number of rotatable bonds is 8. The van der Waals surface area contributed by atoms with E-state index in [9.17, 15) is 4.79 Å². The van der Waals surface area contributed by atoms with Gasteiger partial charge >= 0.3 is 0 Å². The minimum atomic E-state index is 0.249. The van der Waals surface area contributed by atoms with Gasteiger partial charge in [-0.25, -0.2) is 0 Å². The molecule has 2 aromatic rings. The molecule has 1 amide bonds. The van der Waals surface area contributed by atoms with Gasteiger partial charge in [0, 0.05) is 31.9 Å². The monoisotopic (exact) mass is 298 g/mol. The maximum atomic E-state index is 12.6. The molecule has 0 aliphatic carbocycles. The van der Waals surface area contributed by atoms with Gasteiger partial charge in [0.1, 0.15) is 0 Å². The third kappa shape index (κ3) is 4.76. The van der Waals surface area contributed by atoms with Crippen molar-refractivity contribution < 1.29 is 4.79 Å². The van der Waals surface area contributed by atoms with Crippen LogP contribution in [0.3, 0.4) is 0 Å². The van der Waals surface area contributed by atoms with E-state index in [1.807, 2.05) is 42.4 Å². The summed E-state index contributed by atoms with van der Waals surface area (Å²) in [5.41, 5.74) is 2.35. The first-order chi connectivity index (χ1) is 10.7. The highest BCUT2D eigenvalue weighted by Gasteiger charge is 2.15. The van der Waals surface area contributed by atoms with Crippen LogP contribution in [0.4, 0.5) is 0 Å². The van der Waals surface area contributed by atoms with E-state index in [0.717, 1.165) is 19.3 Å². The van der Waals surface area contributed by atoms with Gasteiger partial charge in [0.25, 0.3) is 0 Å². The number of carbonyl (C=O) groups is 1. The second-order valence-electron chi connectivity index (χ2n) is 5.80. The first-order valence-electron chi connectivity index (χ1n) is 8.12. The van der Waals surface area contributed by atoms with Crippen molar-refractivity contribution in [1.29, 1.82) is 0 Å². The summed E-state index contributed by atoms with van der Waals surface area (Å²) in [6.45, 7) is 3.51. The van der Waals surface area contributed by atoms with Crippen LogP contribution in [0.25, 0.3) is 0 Å². The molecule has 0 bridgehead atoms. The Balaban J connectivity index is 2.06. The predicted molar refractivity (Wildman–Crippen MR) is 90.3 cm³/mol. The summed E-state index contributed by atoms with van der Waals surface area (Å²) in [5.74, 6) is 0.249. The zero-order chi connectivity index (χ0) is 15.8. The van der Waals surface area contributed by atoms with Crippen LogP contribution in [0.2, 0.25) is 0 Å². The lowest BCUT2D eigenvalue weighted by Crippen LogP contribution is -2.30. The minimum Gasteiger partial charge on any atom is -0.353 e. The van der Waals surface area contributed by atoms with Gasteiger partial charge in [-0.1, -0.05) is 50.1 Å². The van der Waals surface area contributed by atoms with Crippen LogP contribution in [0, 0.1) is 0 Å². The predicted octanol–water partition coefficient (Wildman–Crippen LogP) is 4.13. The number of unbranched alkanes of at least 4 members (excludes halogenated alkanes) is 2. The number of hydrogen-bond donors (Lipinski definition) is 0. The van der Waals surface area contributed by atoms with Crippen LogP contribution in [0.1, 0.15) is 43.9 Å². The molecule has 1 aromatic heterocycles. The fraction of sp³-hybridized carbons (Fsp3) is 0.421. The van der Waals surface area contributed by atoms with Crippen molar-refractivity contribution in [2.45, 2.75) is 45.7 Å². The molecule has 3 heteroatoms. The van der Waals surface area contributed by atoms with Crippen molar-refractivity contribution >= 4 is 5.91 Å². The molecule has 0 aliphatic rings. The SMILES string of the molecule is CCCCCC(=O)N(Cc1ccccc1)Cc1cccn1C. The normalized spacial score (nSPS) is 10.6. The summed E-state index contributed by atoms with van der Waals surface area (Å²) < 4.78 is 2.08. The van der Waals surface area contributed by atoms with E-state index in [0.29, 0.717) is 19.5 Å². The summed E-state index contributed by atoms with van der Waals surface area (Å²) in [6, 6.07) is 14.3. The number of aromatic nitrogens is 1. The van der Waals surface area contributed by atoms with E-state index in [1.165, 1.54) is 11.3 Å². The Morgan fingerprint density at radius 1 is 1.05 bits per heavy atom. The second-order valence-corrected chi connectivity index (χ2v) is 5.80. The molecule has 0 unspecified atom stereocenters. The number of carbonyl (C=O) groups excluding carboxylic acids is 1. The number of nitrogens with zero attached hydrogens (tertiary/aromatic N) is 2. The Kier molecular flexibility index (Phi) is 6.26. The summed E-state index contributed by atoms with van der Waals surface area (Å²) >= 11 is 0. The lowest BCUT2D eigenvalue weighted by molar-refractivity contribution is -0.132. The summed E-state index contributed by atoms with van der Waals surface area (Å²) in [7, 11) is 2.03. The summed E-state index contributed by atoms with van der Waals surface area (Å²) in [6.07, 6.45) is 5.91. The van der Waals surface area contributed by atoms with Gasteiger partial charge in [-0.15, -0.1) is 0 Å². The van der Waals surface area contributed by atoms with Crippen molar-refractivity contribution in [3.8, 4) is 0 Å². The average molecular weight is 298 g/mol. The molecule has 0 radical (unpaired) electrons. The zero-order valence-electron chi connectivity index (χ0n) is 13.7. The van der Waals surface area contributed by atoms with Gasteiger partial charge in [0.15, 0.2) is 0 Å². The lowest BCUT2D eigenvalue weighted by Gasteiger charge is -2.23. The second kappa shape index (κ2) is 8.42. The van der Waals surface area contributed by atoms with Gasteiger partial charge < -0.3 is 9.47 Å². The molecule has 0 spiro atoms. The van der Waals surface area contributed by atoms with Gasteiger partial charge in [0.2, 0.25) is 5.91 Å². The van der Waals surface area contributed by atoms with E-state index in [1.54, 1.807) is 0 Å². The van der Waals surface area contributed by atoms with Crippen LogP contribution in [-0.4, -0.2) is 15.4 Å². The first kappa shape index (κ1) is 16.3. The number of aryl methyl sites for hydroxylation is 1. The molecule has 2 rings (SSSR count). The molecule has 22 heavy (non-hydrogen) atoms. The zero-order valence-corrected chi connectivity index (χ0v) is 13.7. The third-order valence-corrected chi connectivity index (χ3v) is 3.97. The number of amides is 1. The van der Waals surface area contributed by atoms with Gasteiger partial charge in [-0.05, 0) is 24.1 Å². The number of hydrogen-bond acceptors (Lipinski definition) is 1. The molecular formula is C19H26N2O. The molecule has 118 valence electrons. The highest BCUT2D eigenvalue weighted by atomic mass is 16.2. The van der Waals surface area contributed by atoms with Crippen molar-refractivity contribution in [2.24, 2.45) is 7.05 Å². The lowest BCUT2D eigenvalue weighted by atomic mass is 10.1. The van der Waals surface area contributed by atoms with Crippen molar-refractivity contribution in [1.82, 2.24) is 9.47 Å². The molecule has 0 saturated carbocycles. The first-order valence-corrected chi connectivity index (χ1v) is 8.12. The maximum absolute atomic E-state index is 12.6. The molecule has 0 fully saturated rings. The van der Waals surface area contributed by atoms with Gasteiger partial charge in [-0.2, -0.15) is 0 Å². The van der Waals surface area contributed by atoms with E-state index in [4.69, 9.17) is 0 Å². The van der Waals surface area contributed by atoms with Crippen molar-refractivity contribution in [3.63, 3.8) is 0 Å². The van der Waals surface area contributed by atoms with Crippen LogP contribution >= 0.6 is 0 Å². The largest absolute Gasteiger partial charge is 0.353 e. The molecule has 1 heterocycles. The fourth-order valence-corrected chi connectivity index (χ4v) is 2.58. The molecule has 0 saturated heterocycles. The topological polar surface area (TPSA) is 25.2 Å². The minimum absolute atomic E-state index is 0.249. The quantitative estimate of drug-likeness (QED) is 0.673. The fourth-order valence-electron chi connectivity index (χ4n) is 2.58. The molecule has 0 N–H and O–H groups in total. The molecule has 3 nitrogen and oxygen atoms in total. The van der Waals surface area contributed by atoms with Crippen molar-refractivity contribution in [2.75, 3.05) is 0 Å². The Bertz CT molecular complexity index is 574. The van der Waals surface area contributed by atoms with Crippen LogP contribution < -0.4 is 0 Å². The average Bonchev–Trinajstić information content (AvgIpc) is 2.93. The molecular weight excluding hydrogens is 272 g/mol. The Morgan fingerprint density at radius 3 is 2.45 bits per heavy atom. The number of benzene rings is 1. The maximum Gasteiger partial charge on any atom is 0.223 e. The third-order valence-electron chi connectivity index (χ3n) is 3.97. The summed E-state index contributed by atoms with van der Waals surface area (Å²) in [5, 5.41) is 0. The van der Waals surface area contributed by atoms with E-state index in [2.05, 4.69) is 29.7 Å².